The molecule has 30 heteroatoms. The number of hydrogen-bond donors (Lipinski definition) is 11. The Balaban J connectivity index is 0.00000600. The summed E-state index contributed by atoms with van der Waals surface area (Å²) >= 11 is 0. The number of nitrogen functional groups attached to an aromatic ring is 2. The average molecular weight is 845 g/mol. The lowest BCUT2D eigenvalue weighted by Crippen LogP contribution is -2.46. The summed E-state index contributed by atoms with van der Waals surface area (Å²) in [6, 6.07) is 0. The fourth-order valence-corrected chi connectivity index (χ4v) is 7.47. The molecule has 0 spiro atoms. The molecule has 312 valence electrons. The zero-order valence-electron chi connectivity index (χ0n) is 29.9. The maximum atomic E-state index is 12.4. The summed E-state index contributed by atoms with van der Waals surface area (Å²) in [6.45, 7) is -2.96. The van der Waals surface area contributed by atoms with E-state index in [1.54, 1.807) is 14.1 Å². The van der Waals surface area contributed by atoms with Crippen LogP contribution in [0, 0.1) is 0 Å². The molecule has 28 nitrogen and oxygen atoms in total. The van der Waals surface area contributed by atoms with E-state index < -0.39 is 102 Å². The van der Waals surface area contributed by atoms with Gasteiger partial charge in [0.2, 0.25) is 23.5 Å². The van der Waals surface area contributed by atoms with E-state index in [2.05, 4.69) is 19.9 Å². The first-order valence-corrected chi connectivity index (χ1v) is 19.2. The first-order valence-electron chi connectivity index (χ1n) is 16.2. The highest BCUT2D eigenvalue weighted by molar-refractivity contribution is 7.47. The molecule has 6 rings (SSSR count). The van der Waals surface area contributed by atoms with E-state index in [1.165, 1.54) is 30.9 Å². The van der Waals surface area contributed by atoms with Crippen LogP contribution in [-0.2, 0) is 55.5 Å². The molecule has 0 radical (unpaired) electrons. The van der Waals surface area contributed by atoms with Crippen molar-refractivity contribution < 1.29 is 80.8 Å². The Morgan fingerprint density at radius 1 is 0.714 bits per heavy atom. The van der Waals surface area contributed by atoms with Gasteiger partial charge in [0.1, 0.15) is 36.6 Å². The summed E-state index contributed by atoms with van der Waals surface area (Å²) in [6.07, 6.45) is -8.66. The first kappa shape index (κ1) is 43.3. The Morgan fingerprint density at radius 2 is 1.09 bits per heavy atom. The predicted octanol–water partition coefficient (Wildman–Crippen LogP) is -4.83. The van der Waals surface area contributed by atoms with Crippen LogP contribution in [0.1, 0.15) is 12.5 Å². The molecule has 0 saturated carbocycles. The zero-order valence-corrected chi connectivity index (χ0v) is 31.7. The van der Waals surface area contributed by atoms with Gasteiger partial charge in [-0.3, -0.25) is 46.8 Å². The molecular formula is C26H44N11O17P2+3. The number of nitrogens with zero attached hydrogens (tertiary/aromatic N) is 6. The number of imidazole rings is 2. The van der Waals surface area contributed by atoms with Crippen molar-refractivity contribution in [3.05, 3.63) is 33.4 Å². The molecule has 0 bridgehead atoms. The van der Waals surface area contributed by atoms with Gasteiger partial charge < -0.3 is 62.0 Å². The minimum absolute atomic E-state index is 0. The molecule has 10 atom stereocenters. The number of aromatic amines is 2. The summed E-state index contributed by atoms with van der Waals surface area (Å²) in [5.74, 6) is -0.397. The van der Waals surface area contributed by atoms with Crippen molar-refractivity contribution in [3.63, 3.8) is 0 Å². The number of nitrogens with one attached hydrogen (secondary N) is 2. The van der Waals surface area contributed by atoms with Gasteiger partial charge in [0.25, 0.3) is 23.0 Å². The molecule has 0 aromatic carbocycles. The second-order valence-corrected chi connectivity index (χ2v) is 15.3. The lowest BCUT2D eigenvalue weighted by Gasteiger charge is -2.17. The maximum absolute atomic E-state index is 12.4. The minimum atomic E-state index is -4.73. The number of aryl methyl sites for hydroxylation is 2. The van der Waals surface area contributed by atoms with E-state index in [1.807, 2.05) is 0 Å². The number of ether oxygens (including phenoxy) is 3. The van der Waals surface area contributed by atoms with E-state index in [4.69, 9.17) is 43.8 Å². The Hall–Kier alpha value is -3.80. The van der Waals surface area contributed by atoms with Crippen molar-refractivity contribution in [1.82, 2.24) is 35.2 Å². The molecule has 56 heavy (non-hydrogen) atoms. The summed E-state index contributed by atoms with van der Waals surface area (Å²) < 4.78 is 66.2. The Kier molecular flexibility index (Phi) is 13.1. The number of aromatic nitrogens is 8. The van der Waals surface area contributed by atoms with Crippen molar-refractivity contribution in [2.24, 2.45) is 14.1 Å². The number of quaternary nitrogens is 1. The van der Waals surface area contributed by atoms with Crippen LogP contribution < -0.4 is 37.9 Å². The van der Waals surface area contributed by atoms with Gasteiger partial charge in [0.05, 0.1) is 53.7 Å². The largest absolute Gasteiger partial charge is 0.472 e. The second-order valence-electron chi connectivity index (χ2n) is 12.4. The lowest BCUT2D eigenvalue weighted by atomic mass is 10.1. The van der Waals surface area contributed by atoms with Crippen LogP contribution in [0.3, 0.4) is 0 Å². The van der Waals surface area contributed by atoms with E-state index in [9.17, 15) is 48.9 Å². The van der Waals surface area contributed by atoms with Gasteiger partial charge in [-0.25, -0.2) is 18.3 Å². The van der Waals surface area contributed by atoms with Gasteiger partial charge in [0.15, 0.2) is 12.7 Å². The fraction of sp³-hybridized carbons (Fsp3) is 0.615. The third-order valence-electron chi connectivity index (χ3n) is 8.57. The number of hydrogen-bond acceptors (Lipinski definition) is 19. The van der Waals surface area contributed by atoms with Crippen LogP contribution in [0.2, 0.25) is 0 Å². The number of fused-ring (bicyclic) bond motifs is 2. The SMILES string of the molecule is Cn1c[n+]([C@@H]2O[C@H](COP(=O)(O)OCCOCCOP(=O)(O)OC[C@@H]3O[C@H]([n+]4cn(C)c5c(=O)[nH]c(N)nc54)C(O)[C@@H]3O)C(O)[C@@H]2O)c2nc(N)[nH]c(=O)c21.[NH4+]. The molecule has 0 aliphatic carbocycles. The van der Waals surface area contributed by atoms with Crippen LogP contribution in [-0.4, -0.2) is 136 Å². The number of H-pyrrole nitrogens is 2. The summed E-state index contributed by atoms with van der Waals surface area (Å²) in [5, 5.41) is 42.3. The zero-order chi connectivity index (χ0) is 40.0. The molecule has 4 aromatic rings. The van der Waals surface area contributed by atoms with Gasteiger partial charge in [-0.1, -0.05) is 9.97 Å². The van der Waals surface area contributed by atoms with E-state index >= 15 is 0 Å². The van der Waals surface area contributed by atoms with Crippen LogP contribution in [0.4, 0.5) is 11.9 Å². The van der Waals surface area contributed by atoms with Crippen LogP contribution in [0.15, 0.2) is 22.2 Å². The van der Waals surface area contributed by atoms with Crippen LogP contribution in [0.5, 0.6) is 0 Å². The van der Waals surface area contributed by atoms with Crippen molar-refractivity contribution in [2.75, 3.05) is 51.1 Å². The molecule has 16 N–H and O–H groups in total. The molecule has 2 saturated heterocycles. The topological polar surface area (TPSA) is 418 Å². The molecular weight excluding hydrogens is 800 g/mol. The van der Waals surface area contributed by atoms with Gasteiger partial charge in [-0.05, 0) is 0 Å². The first-order chi connectivity index (χ1) is 25.9. The fourth-order valence-electron chi connectivity index (χ4n) is 6.04. The highest BCUT2D eigenvalue weighted by Crippen LogP contribution is 2.45. The van der Waals surface area contributed by atoms with Gasteiger partial charge in [0, 0.05) is 0 Å². The number of nitrogens with two attached hydrogens (primary N) is 2. The van der Waals surface area contributed by atoms with Gasteiger partial charge in [-0.15, -0.1) is 0 Å². The Bertz CT molecular complexity index is 2100. The van der Waals surface area contributed by atoms with Crippen molar-refractivity contribution in [2.45, 2.75) is 49.1 Å². The molecule has 2 aliphatic rings. The van der Waals surface area contributed by atoms with E-state index in [0.29, 0.717) is 0 Å². The molecule has 2 fully saturated rings. The van der Waals surface area contributed by atoms with Crippen molar-refractivity contribution in [3.8, 4) is 0 Å². The maximum Gasteiger partial charge on any atom is 0.472 e. The van der Waals surface area contributed by atoms with Gasteiger partial charge >= 0.3 is 26.9 Å². The van der Waals surface area contributed by atoms with Crippen LogP contribution >= 0.6 is 15.6 Å². The summed E-state index contributed by atoms with van der Waals surface area (Å²) in [5.41, 5.74) is 10.5. The molecule has 6 heterocycles. The number of phosphoric ester groups is 2. The number of aliphatic hydroxyl groups is 4. The smallest absolute Gasteiger partial charge is 0.387 e. The number of anilines is 2. The van der Waals surface area contributed by atoms with Crippen molar-refractivity contribution >= 4 is 49.9 Å². The third-order valence-corrected chi connectivity index (χ3v) is 10.5. The third kappa shape index (κ3) is 9.00. The molecule has 4 unspecified atom stereocenters. The number of phosphoric acid groups is 2. The summed E-state index contributed by atoms with van der Waals surface area (Å²) in [4.78, 5) is 57.6. The highest BCUT2D eigenvalue weighted by Gasteiger charge is 2.49. The molecule has 4 aromatic heterocycles. The normalized spacial score (nSPS) is 27.4. The highest BCUT2D eigenvalue weighted by atomic mass is 31.2. The van der Waals surface area contributed by atoms with E-state index in [0.717, 1.165) is 0 Å². The second kappa shape index (κ2) is 17.0. The number of aliphatic hydroxyl groups excluding tert-OH is 4. The number of rotatable bonds is 16. The van der Waals surface area contributed by atoms with Crippen molar-refractivity contribution in [1.29, 1.82) is 0 Å². The standard InChI is InChI=1S/C26H38N10O17P2.H3N/c1-33-9-35(19-13(33)21(41)31-25(27)29-19)23-17(39)15(37)11(52-23)7-50-54(43,44)48-5-3-47-4-6-49-55(45,46)51-8-12-16(38)18(40)24(53-12)36-10-34(2)14-20(36)30-26(28)32-22(14)42;/h9-12,15-18,23-24,37-40H,3-8H2,1-2H3,(H6-2,27,28,29,30,31,32,41,42,43,44,45,46);1H3/p+3/t11-,12+,15+,16?,17?,18-,23-,24+;/m0./s1. The lowest BCUT2D eigenvalue weighted by molar-refractivity contribution is -0.746. The quantitative estimate of drug-likeness (QED) is 0.0286. The Morgan fingerprint density at radius 3 is 1.46 bits per heavy atom. The average Bonchev–Trinajstić information content (AvgIpc) is 3.79. The monoisotopic (exact) mass is 844 g/mol. The molecule has 0 amide bonds. The minimum Gasteiger partial charge on any atom is -0.387 e. The predicted molar refractivity (Wildman–Crippen MR) is 184 cm³/mol. The van der Waals surface area contributed by atoms with E-state index in [-0.39, 0.29) is 53.6 Å². The molecule has 2 aliphatic heterocycles. The summed E-state index contributed by atoms with van der Waals surface area (Å²) in [7, 11) is -6.39. The Labute approximate surface area is 313 Å². The van der Waals surface area contributed by atoms with Gasteiger partial charge in [-0.2, -0.15) is 0 Å². The van der Waals surface area contributed by atoms with Crippen LogP contribution in [0.25, 0.3) is 22.3 Å².